The van der Waals surface area contributed by atoms with Gasteiger partial charge in [-0.25, -0.2) is 0 Å². The third-order valence-corrected chi connectivity index (χ3v) is 3.81. The molecule has 0 heterocycles. The molecule has 0 saturated heterocycles. The van der Waals surface area contributed by atoms with Crippen molar-refractivity contribution in [3.05, 3.63) is 62.0 Å². The van der Waals surface area contributed by atoms with E-state index >= 15 is 0 Å². The molecule has 0 aliphatic carbocycles. The SMILES string of the molecule is NC(=S)c1cc(Cl)cc(Br)c1OCc1cccc(Cl)c1. The molecule has 0 aromatic heterocycles. The Morgan fingerprint density at radius 1 is 1.20 bits per heavy atom. The molecule has 0 aliphatic rings. The maximum Gasteiger partial charge on any atom is 0.144 e. The number of hydrogen-bond donors (Lipinski definition) is 1. The van der Waals surface area contributed by atoms with Crippen molar-refractivity contribution in [1.29, 1.82) is 0 Å². The second kappa shape index (κ2) is 6.76. The summed E-state index contributed by atoms with van der Waals surface area (Å²) in [6.07, 6.45) is 0. The largest absolute Gasteiger partial charge is 0.487 e. The van der Waals surface area contributed by atoms with E-state index in [0.29, 0.717) is 32.4 Å². The summed E-state index contributed by atoms with van der Waals surface area (Å²) in [5.41, 5.74) is 7.25. The van der Waals surface area contributed by atoms with E-state index in [1.807, 2.05) is 24.3 Å². The fourth-order valence-corrected chi connectivity index (χ4v) is 2.96. The standard InChI is InChI=1S/C14H10BrCl2NOS/c15-12-6-10(17)5-11(14(18)20)13(12)19-7-8-2-1-3-9(16)4-8/h1-6H,7H2,(H2,18,20). The number of ether oxygens (including phenoxy) is 1. The monoisotopic (exact) mass is 389 g/mol. The molecule has 0 radical (unpaired) electrons. The van der Waals surface area contributed by atoms with Crippen LogP contribution in [-0.2, 0) is 6.61 Å². The Balaban J connectivity index is 2.27. The van der Waals surface area contributed by atoms with Gasteiger partial charge in [-0.15, -0.1) is 0 Å². The van der Waals surface area contributed by atoms with Gasteiger partial charge in [0.15, 0.2) is 0 Å². The molecule has 2 nitrogen and oxygen atoms in total. The van der Waals surface area contributed by atoms with Gasteiger partial charge in [-0.3, -0.25) is 0 Å². The molecule has 2 N–H and O–H groups in total. The van der Waals surface area contributed by atoms with E-state index < -0.39 is 0 Å². The quantitative estimate of drug-likeness (QED) is 0.748. The summed E-state index contributed by atoms with van der Waals surface area (Å²) < 4.78 is 6.50. The average molecular weight is 391 g/mol. The molecule has 20 heavy (non-hydrogen) atoms. The van der Waals surface area contributed by atoms with Gasteiger partial charge < -0.3 is 10.5 Å². The maximum atomic E-state index is 5.99. The zero-order valence-corrected chi connectivity index (χ0v) is 14.1. The van der Waals surface area contributed by atoms with Gasteiger partial charge >= 0.3 is 0 Å². The van der Waals surface area contributed by atoms with E-state index in [0.717, 1.165) is 5.56 Å². The third kappa shape index (κ3) is 3.85. The molecule has 0 bridgehead atoms. The van der Waals surface area contributed by atoms with Crippen LogP contribution in [0.4, 0.5) is 0 Å². The fraction of sp³-hybridized carbons (Fsp3) is 0.0714. The Kier molecular flexibility index (Phi) is 5.27. The van der Waals surface area contributed by atoms with Gasteiger partial charge in [-0.2, -0.15) is 0 Å². The van der Waals surface area contributed by atoms with E-state index in [9.17, 15) is 0 Å². The first kappa shape index (κ1) is 15.6. The summed E-state index contributed by atoms with van der Waals surface area (Å²) in [5, 5.41) is 1.20. The molecule has 0 atom stereocenters. The Morgan fingerprint density at radius 3 is 2.60 bits per heavy atom. The molecule has 104 valence electrons. The van der Waals surface area contributed by atoms with Gasteiger partial charge in [0.2, 0.25) is 0 Å². The van der Waals surface area contributed by atoms with Crippen LogP contribution in [-0.4, -0.2) is 4.99 Å². The number of benzene rings is 2. The number of hydrogen-bond acceptors (Lipinski definition) is 2. The summed E-state index contributed by atoms with van der Waals surface area (Å²) in [5.74, 6) is 0.571. The molecule has 0 fully saturated rings. The van der Waals surface area contributed by atoms with Gasteiger partial charge in [0, 0.05) is 10.0 Å². The Morgan fingerprint density at radius 2 is 1.95 bits per heavy atom. The van der Waals surface area contributed by atoms with Crippen LogP contribution >= 0.6 is 51.3 Å². The highest BCUT2D eigenvalue weighted by atomic mass is 79.9. The molecular formula is C14H10BrCl2NOS. The molecule has 0 unspecified atom stereocenters. The summed E-state index contributed by atoms with van der Waals surface area (Å²) >= 11 is 20.3. The van der Waals surface area contributed by atoms with Crippen LogP contribution in [0.3, 0.4) is 0 Å². The zero-order chi connectivity index (χ0) is 14.7. The van der Waals surface area contributed by atoms with Crippen molar-refractivity contribution in [3.8, 4) is 5.75 Å². The smallest absolute Gasteiger partial charge is 0.144 e. The van der Waals surface area contributed by atoms with Gasteiger partial charge in [-0.05, 0) is 45.8 Å². The van der Waals surface area contributed by atoms with Crippen molar-refractivity contribution >= 4 is 56.3 Å². The summed E-state index contributed by atoms with van der Waals surface area (Å²) in [4.78, 5) is 0.231. The molecule has 0 amide bonds. The van der Waals surface area contributed by atoms with Crippen molar-refractivity contribution in [3.63, 3.8) is 0 Å². The lowest BCUT2D eigenvalue weighted by molar-refractivity contribution is 0.304. The van der Waals surface area contributed by atoms with E-state index in [1.54, 1.807) is 12.1 Å². The summed E-state index contributed by atoms with van der Waals surface area (Å²) in [7, 11) is 0. The Labute approximate surface area is 141 Å². The van der Waals surface area contributed by atoms with Crippen molar-refractivity contribution in [2.24, 2.45) is 5.73 Å². The van der Waals surface area contributed by atoms with Crippen LogP contribution in [0.15, 0.2) is 40.9 Å². The maximum absolute atomic E-state index is 5.99. The first-order valence-electron chi connectivity index (χ1n) is 5.63. The minimum absolute atomic E-state index is 0.231. The molecule has 2 aromatic carbocycles. The van der Waals surface area contributed by atoms with Crippen molar-refractivity contribution in [1.82, 2.24) is 0 Å². The minimum atomic E-state index is 0.231. The van der Waals surface area contributed by atoms with Gasteiger partial charge in [0.05, 0.1) is 10.0 Å². The lowest BCUT2D eigenvalue weighted by Crippen LogP contribution is -2.12. The van der Waals surface area contributed by atoms with E-state index in [4.69, 9.17) is 45.9 Å². The van der Waals surface area contributed by atoms with Crippen LogP contribution in [0.25, 0.3) is 0 Å². The Hall–Kier alpha value is -0.810. The number of rotatable bonds is 4. The minimum Gasteiger partial charge on any atom is -0.487 e. The first-order valence-corrected chi connectivity index (χ1v) is 7.59. The van der Waals surface area contributed by atoms with E-state index in [-0.39, 0.29) is 4.99 Å². The van der Waals surface area contributed by atoms with Crippen molar-refractivity contribution in [2.45, 2.75) is 6.61 Å². The van der Waals surface area contributed by atoms with Crippen molar-refractivity contribution < 1.29 is 4.74 Å². The molecular weight excluding hydrogens is 381 g/mol. The number of thiocarbonyl (C=S) groups is 1. The van der Waals surface area contributed by atoms with Crippen LogP contribution in [0.2, 0.25) is 10.0 Å². The molecule has 0 aliphatic heterocycles. The summed E-state index contributed by atoms with van der Waals surface area (Å²) in [6, 6.07) is 10.9. The second-order valence-electron chi connectivity index (χ2n) is 4.05. The van der Waals surface area contributed by atoms with Crippen LogP contribution < -0.4 is 10.5 Å². The topological polar surface area (TPSA) is 35.2 Å². The average Bonchev–Trinajstić information content (AvgIpc) is 2.36. The van der Waals surface area contributed by atoms with Crippen LogP contribution in [0, 0.1) is 0 Å². The van der Waals surface area contributed by atoms with Gasteiger partial charge in [-0.1, -0.05) is 47.6 Å². The van der Waals surface area contributed by atoms with Crippen LogP contribution in [0.5, 0.6) is 5.75 Å². The van der Waals surface area contributed by atoms with Gasteiger partial charge in [0.1, 0.15) is 17.3 Å². The number of nitrogens with two attached hydrogens (primary N) is 1. The Bertz CT molecular complexity index is 664. The molecule has 0 saturated carbocycles. The highest BCUT2D eigenvalue weighted by Crippen LogP contribution is 2.33. The van der Waals surface area contributed by atoms with E-state index in [1.165, 1.54) is 0 Å². The third-order valence-electron chi connectivity index (χ3n) is 2.55. The zero-order valence-electron chi connectivity index (χ0n) is 10.2. The van der Waals surface area contributed by atoms with Gasteiger partial charge in [0.25, 0.3) is 0 Å². The second-order valence-corrected chi connectivity index (χ2v) is 6.21. The fourth-order valence-electron chi connectivity index (χ4n) is 1.67. The highest BCUT2D eigenvalue weighted by molar-refractivity contribution is 9.10. The lowest BCUT2D eigenvalue weighted by Gasteiger charge is -2.13. The van der Waals surface area contributed by atoms with Crippen LogP contribution in [0.1, 0.15) is 11.1 Å². The molecule has 2 rings (SSSR count). The number of halogens is 3. The lowest BCUT2D eigenvalue weighted by atomic mass is 10.2. The molecule has 0 spiro atoms. The van der Waals surface area contributed by atoms with Crippen molar-refractivity contribution in [2.75, 3.05) is 0 Å². The van der Waals surface area contributed by atoms with E-state index in [2.05, 4.69) is 15.9 Å². The molecule has 6 heteroatoms. The normalized spacial score (nSPS) is 10.3. The predicted octanol–water partition coefficient (Wildman–Crippen LogP) is 4.97. The highest BCUT2D eigenvalue weighted by Gasteiger charge is 2.13. The summed E-state index contributed by atoms with van der Waals surface area (Å²) in [6.45, 7) is 0.358. The predicted molar refractivity (Wildman–Crippen MR) is 90.8 cm³/mol. The molecule has 2 aromatic rings. The first-order chi connectivity index (χ1) is 9.47.